The number of amides is 1. The smallest absolute Gasteiger partial charge is 0.307 e. The number of carbonyl (C=O) groups excluding carboxylic acids is 1. The zero-order valence-corrected chi connectivity index (χ0v) is 12.5. The molecule has 0 radical (unpaired) electrons. The number of carboxylic acid groups (broad SMARTS) is 1. The summed E-state index contributed by atoms with van der Waals surface area (Å²) in [4.78, 5) is 25.0. The van der Waals surface area contributed by atoms with Crippen LogP contribution in [-0.2, 0) is 20.7 Å². The zero-order valence-electron chi connectivity index (χ0n) is 12.5. The molecule has 1 amide bonds. The molecule has 118 valence electrons. The van der Waals surface area contributed by atoms with Crippen LogP contribution in [0.25, 0.3) is 0 Å². The van der Waals surface area contributed by atoms with Crippen molar-refractivity contribution in [2.75, 3.05) is 26.3 Å². The summed E-state index contributed by atoms with van der Waals surface area (Å²) in [5.74, 6) is -0.626. The van der Waals surface area contributed by atoms with Crippen LogP contribution >= 0.6 is 0 Å². The van der Waals surface area contributed by atoms with Crippen LogP contribution < -0.4 is 0 Å². The van der Waals surface area contributed by atoms with Crippen molar-refractivity contribution in [1.29, 1.82) is 0 Å². The number of aliphatic carboxylic acids is 1. The van der Waals surface area contributed by atoms with E-state index in [-0.39, 0.29) is 17.7 Å². The molecule has 5 nitrogen and oxygen atoms in total. The molecule has 0 spiro atoms. The molecule has 1 heterocycles. The Kier molecular flexibility index (Phi) is 4.43. The number of aryl methyl sites for hydroxylation is 1. The fourth-order valence-electron chi connectivity index (χ4n) is 3.04. The van der Waals surface area contributed by atoms with Crippen molar-refractivity contribution >= 4 is 11.9 Å². The average Bonchev–Trinajstić information content (AvgIpc) is 3.35. The van der Waals surface area contributed by atoms with Gasteiger partial charge in [0.15, 0.2) is 0 Å². The van der Waals surface area contributed by atoms with Gasteiger partial charge >= 0.3 is 5.97 Å². The van der Waals surface area contributed by atoms with Crippen LogP contribution in [0.5, 0.6) is 0 Å². The lowest BCUT2D eigenvalue weighted by Crippen LogP contribution is -2.40. The van der Waals surface area contributed by atoms with E-state index in [1.807, 2.05) is 23.1 Å². The molecular formula is C17H21NO4. The molecule has 1 aromatic carbocycles. The Morgan fingerprint density at radius 2 is 2.05 bits per heavy atom. The van der Waals surface area contributed by atoms with Gasteiger partial charge in [0.05, 0.1) is 19.1 Å². The molecule has 2 fully saturated rings. The van der Waals surface area contributed by atoms with Crippen molar-refractivity contribution in [1.82, 2.24) is 4.90 Å². The van der Waals surface area contributed by atoms with Crippen molar-refractivity contribution in [3.63, 3.8) is 0 Å². The molecule has 22 heavy (non-hydrogen) atoms. The number of hydrogen-bond acceptors (Lipinski definition) is 3. The highest BCUT2D eigenvalue weighted by atomic mass is 16.5. The summed E-state index contributed by atoms with van der Waals surface area (Å²) in [6, 6.07) is 8.01. The maximum Gasteiger partial charge on any atom is 0.307 e. The summed E-state index contributed by atoms with van der Waals surface area (Å²) in [5, 5.41) is 9.01. The summed E-state index contributed by atoms with van der Waals surface area (Å²) >= 11 is 0. The van der Waals surface area contributed by atoms with Gasteiger partial charge in [0.2, 0.25) is 5.91 Å². The molecule has 5 heteroatoms. The van der Waals surface area contributed by atoms with E-state index in [0.717, 1.165) is 17.5 Å². The highest BCUT2D eigenvalue weighted by molar-refractivity contribution is 5.76. The lowest BCUT2D eigenvalue weighted by atomic mass is 10.0. The van der Waals surface area contributed by atoms with Gasteiger partial charge in [0, 0.05) is 19.5 Å². The van der Waals surface area contributed by atoms with Gasteiger partial charge in [-0.2, -0.15) is 0 Å². The third-order valence-electron chi connectivity index (χ3n) is 4.48. The highest BCUT2D eigenvalue weighted by Gasteiger charge is 2.44. The minimum atomic E-state index is -0.710. The molecular weight excluding hydrogens is 282 g/mol. The number of hydrogen-bond donors (Lipinski definition) is 1. The summed E-state index contributed by atoms with van der Waals surface area (Å²) in [7, 11) is 0. The molecule has 1 aliphatic carbocycles. The summed E-state index contributed by atoms with van der Waals surface area (Å²) in [6.07, 6.45) is 1.93. The molecule has 0 aromatic heterocycles. The third-order valence-corrected chi connectivity index (χ3v) is 4.48. The third kappa shape index (κ3) is 3.47. The molecule has 0 bridgehead atoms. The number of morpholine rings is 1. The van der Waals surface area contributed by atoms with Gasteiger partial charge in [-0.3, -0.25) is 9.59 Å². The van der Waals surface area contributed by atoms with Gasteiger partial charge in [-0.15, -0.1) is 0 Å². The van der Waals surface area contributed by atoms with Gasteiger partial charge in [0.1, 0.15) is 0 Å². The summed E-state index contributed by atoms with van der Waals surface area (Å²) in [5.41, 5.74) is 2.19. The van der Waals surface area contributed by atoms with Crippen LogP contribution in [0.1, 0.15) is 29.9 Å². The van der Waals surface area contributed by atoms with Crippen LogP contribution in [0.3, 0.4) is 0 Å². The SMILES string of the molecule is O=C(O)C1CC1c1cccc(CCC(=O)N2CCOCC2)c1. The minimum absolute atomic E-state index is 0.146. The number of carboxylic acids is 1. The maximum absolute atomic E-state index is 12.1. The highest BCUT2D eigenvalue weighted by Crippen LogP contribution is 2.47. The van der Waals surface area contributed by atoms with Gasteiger partial charge in [0.25, 0.3) is 0 Å². The second kappa shape index (κ2) is 6.48. The second-order valence-electron chi connectivity index (χ2n) is 6.03. The first-order valence-electron chi connectivity index (χ1n) is 7.82. The van der Waals surface area contributed by atoms with Crippen LogP contribution in [0, 0.1) is 5.92 Å². The fraction of sp³-hybridized carbons (Fsp3) is 0.529. The Bertz CT molecular complexity index is 566. The lowest BCUT2D eigenvalue weighted by Gasteiger charge is -2.26. The van der Waals surface area contributed by atoms with E-state index < -0.39 is 5.97 Å². The zero-order chi connectivity index (χ0) is 15.5. The van der Waals surface area contributed by atoms with E-state index in [4.69, 9.17) is 9.84 Å². The number of benzene rings is 1. The number of rotatable bonds is 5. The number of nitrogens with zero attached hydrogens (tertiary/aromatic N) is 1. The van der Waals surface area contributed by atoms with Crippen molar-refractivity contribution in [3.05, 3.63) is 35.4 Å². The Hall–Kier alpha value is -1.88. The molecule has 1 saturated heterocycles. The van der Waals surface area contributed by atoms with E-state index >= 15 is 0 Å². The van der Waals surface area contributed by atoms with Crippen molar-refractivity contribution < 1.29 is 19.4 Å². The predicted molar refractivity (Wildman–Crippen MR) is 80.6 cm³/mol. The molecule has 1 aliphatic heterocycles. The van der Waals surface area contributed by atoms with E-state index in [9.17, 15) is 9.59 Å². The van der Waals surface area contributed by atoms with Gasteiger partial charge < -0.3 is 14.7 Å². The van der Waals surface area contributed by atoms with Crippen molar-refractivity contribution in [2.24, 2.45) is 5.92 Å². The fourth-order valence-corrected chi connectivity index (χ4v) is 3.04. The van der Waals surface area contributed by atoms with E-state index in [1.165, 1.54) is 0 Å². The maximum atomic E-state index is 12.1. The molecule has 1 saturated carbocycles. The van der Waals surface area contributed by atoms with Gasteiger partial charge in [-0.25, -0.2) is 0 Å². The van der Waals surface area contributed by atoms with Crippen LogP contribution in [0.2, 0.25) is 0 Å². The summed E-state index contributed by atoms with van der Waals surface area (Å²) < 4.78 is 5.25. The van der Waals surface area contributed by atoms with Crippen molar-refractivity contribution in [2.45, 2.75) is 25.2 Å². The molecule has 2 atom stereocenters. The largest absolute Gasteiger partial charge is 0.481 e. The lowest BCUT2D eigenvalue weighted by molar-refractivity contribution is -0.138. The van der Waals surface area contributed by atoms with E-state index in [2.05, 4.69) is 6.07 Å². The molecule has 2 aliphatic rings. The Balaban J connectivity index is 1.54. The number of ether oxygens (including phenoxy) is 1. The standard InChI is InChI=1S/C17H21NO4/c19-16(18-6-8-22-9-7-18)5-4-12-2-1-3-13(10-12)14-11-15(14)17(20)21/h1-3,10,14-15H,4-9,11H2,(H,20,21). The second-order valence-corrected chi connectivity index (χ2v) is 6.03. The minimum Gasteiger partial charge on any atom is -0.481 e. The molecule has 3 rings (SSSR count). The van der Waals surface area contributed by atoms with Crippen LogP contribution in [0.4, 0.5) is 0 Å². The van der Waals surface area contributed by atoms with Gasteiger partial charge in [-0.05, 0) is 29.9 Å². The Labute approximate surface area is 129 Å². The Morgan fingerprint density at radius 1 is 1.27 bits per heavy atom. The first-order valence-corrected chi connectivity index (χ1v) is 7.82. The average molecular weight is 303 g/mol. The van der Waals surface area contributed by atoms with Gasteiger partial charge in [-0.1, -0.05) is 24.3 Å². The molecule has 1 aromatic rings. The van der Waals surface area contributed by atoms with Crippen LogP contribution in [-0.4, -0.2) is 48.2 Å². The quantitative estimate of drug-likeness (QED) is 0.898. The van der Waals surface area contributed by atoms with Crippen molar-refractivity contribution in [3.8, 4) is 0 Å². The van der Waals surface area contributed by atoms with E-state index in [0.29, 0.717) is 39.1 Å². The van der Waals surface area contributed by atoms with Crippen LogP contribution in [0.15, 0.2) is 24.3 Å². The molecule has 1 N–H and O–H groups in total. The molecule has 2 unspecified atom stereocenters. The summed E-state index contributed by atoms with van der Waals surface area (Å²) in [6.45, 7) is 2.61. The predicted octanol–water partition coefficient (Wildman–Crippen LogP) is 1.67. The van der Waals surface area contributed by atoms with E-state index in [1.54, 1.807) is 0 Å². The first kappa shape index (κ1) is 15.0. The normalized spacial score (nSPS) is 24.1. The first-order chi connectivity index (χ1) is 10.6. The number of carbonyl (C=O) groups is 2. The monoisotopic (exact) mass is 303 g/mol. The Morgan fingerprint density at radius 3 is 2.73 bits per heavy atom. The topological polar surface area (TPSA) is 66.8 Å².